The summed E-state index contributed by atoms with van der Waals surface area (Å²) in [5, 5.41) is 11.2. The maximum absolute atomic E-state index is 13.9. The molecule has 0 saturated heterocycles. The number of carbonyl (C=O) groups is 5. The number of nitrogens with zero attached hydrogens (tertiary/aromatic N) is 1. The smallest absolute Gasteiger partial charge is 0.255 e. The van der Waals surface area contributed by atoms with E-state index in [2.05, 4.69) is 21.3 Å². The van der Waals surface area contributed by atoms with Gasteiger partial charge in [0.1, 0.15) is 48.6 Å². The lowest BCUT2D eigenvalue weighted by atomic mass is 9.99. The molecule has 0 aliphatic carbocycles. The summed E-state index contributed by atoms with van der Waals surface area (Å²) in [5.74, 6) is -1.60. The number of hydrogen-bond donors (Lipinski definition) is 4. The van der Waals surface area contributed by atoms with E-state index in [1.807, 2.05) is 44.2 Å². The highest BCUT2D eigenvalue weighted by atomic mass is 16.5. The Hall–Kier alpha value is -5.59. The third-order valence-corrected chi connectivity index (χ3v) is 8.42. The third-order valence-electron chi connectivity index (χ3n) is 8.42. The molecule has 4 atom stereocenters. The molecule has 51 heavy (non-hydrogen) atoms. The number of ether oxygens (including phenoxy) is 3. The second-order valence-corrected chi connectivity index (χ2v) is 12.7. The van der Waals surface area contributed by atoms with E-state index in [4.69, 9.17) is 14.2 Å². The number of benzene rings is 3. The van der Waals surface area contributed by atoms with Crippen LogP contribution in [0.3, 0.4) is 0 Å². The highest BCUT2D eigenvalue weighted by Crippen LogP contribution is 2.20. The van der Waals surface area contributed by atoms with Crippen LogP contribution in [0.25, 0.3) is 0 Å². The Morgan fingerprint density at radius 2 is 1.57 bits per heavy atom. The van der Waals surface area contributed by atoms with Crippen LogP contribution in [-0.4, -0.2) is 92.5 Å². The topological polar surface area (TPSA) is 164 Å². The average Bonchev–Trinajstić information content (AvgIpc) is 3.13. The van der Waals surface area contributed by atoms with Crippen molar-refractivity contribution >= 4 is 29.5 Å². The van der Waals surface area contributed by atoms with Crippen molar-refractivity contribution in [2.75, 3.05) is 33.9 Å². The standard InChI is InChI=1S/C38H47N5O8/c1-24(2)34-38(48)40-25(3)23-51-32-14-10-9-13-29(32)35(45)41-30(36(46)39-19-20-50-28-17-15-27(49-5)16-18-28)22-33(44)43(4)31(37(47)42-34)21-26-11-7-6-8-12-26/h6-18,24-25,30-31,34H,19-23H2,1-5H3,(H,39,46)(H,40,48)(H,41,45)(H,42,47)/t25-,30-,31-,34+/m0/s1. The number of para-hydroxylation sites is 1. The summed E-state index contributed by atoms with van der Waals surface area (Å²) >= 11 is 0. The van der Waals surface area contributed by atoms with Gasteiger partial charge in [0.2, 0.25) is 23.6 Å². The van der Waals surface area contributed by atoms with Crippen LogP contribution in [0.5, 0.6) is 17.2 Å². The molecule has 3 aromatic rings. The average molecular weight is 702 g/mol. The molecule has 13 nitrogen and oxygen atoms in total. The van der Waals surface area contributed by atoms with Gasteiger partial charge in [-0.3, -0.25) is 24.0 Å². The molecule has 0 aromatic heterocycles. The van der Waals surface area contributed by atoms with Gasteiger partial charge in [-0.25, -0.2) is 0 Å². The molecule has 0 saturated carbocycles. The van der Waals surface area contributed by atoms with Crippen molar-refractivity contribution in [2.24, 2.45) is 5.92 Å². The summed E-state index contributed by atoms with van der Waals surface area (Å²) in [7, 11) is 3.03. The van der Waals surface area contributed by atoms with E-state index in [-0.39, 0.29) is 43.4 Å². The minimum atomic E-state index is -1.32. The van der Waals surface area contributed by atoms with Gasteiger partial charge in [-0.15, -0.1) is 0 Å². The molecule has 0 unspecified atom stereocenters. The molecule has 0 fully saturated rings. The van der Waals surface area contributed by atoms with Gasteiger partial charge in [0.25, 0.3) is 5.91 Å². The van der Waals surface area contributed by atoms with Crippen LogP contribution in [0.15, 0.2) is 78.9 Å². The van der Waals surface area contributed by atoms with Crippen LogP contribution in [-0.2, 0) is 25.6 Å². The molecule has 4 N–H and O–H groups in total. The zero-order valence-corrected chi connectivity index (χ0v) is 29.6. The number of likely N-dealkylation sites (N-methyl/N-ethyl adjacent to an activating group) is 1. The molecule has 3 aromatic carbocycles. The normalized spacial score (nSPS) is 20.5. The Kier molecular flexibility index (Phi) is 13.8. The molecule has 13 heteroatoms. The molecule has 4 rings (SSSR count). The summed E-state index contributed by atoms with van der Waals surface area (Å²) in [4.78, 5) is 69.8. The van der Waals surface area contributed by atoms with Crippen LogP contribution in [0.4, 0.5) is 0 Å². The van der Waals surface area contributed by atoms with Crippen LogP contribution >= 0.6 is 0 Å². The molecule has 0 radical (unpaired) electrons. The van der Waals surface area contributed by atoms with E-state index in [9.17, 15) is 24.0 Å². The fourth-order valence-corrected chi connectivity index (χ4v) is 5.47. The van der Waals surface area contributed by atoms with Gasteiger partial charge in [-0.05, 0) is 54.8 Å². The predicted octanol–water partition coefficient (Wildman–Crippen LogP) is 2.49. The van der Waals surface area contributed by atoms with Crippen LogP contribution in [0, 0.1) is 5.92 Å². The Morgan fingerprint density at radius 1 is 0.902 bits per heavy atom. The lowest BCUT2D eigenvalue weighted by Crippen LogP contribution is -2.58. The number of amides is 5. The second kappa shape index (κ2) is 18.4. The Labute approximate surface area is 298 Å². The molecule has 1 heterocycles. The van der Waals surface area contributed by atoms with Crippen molar-refractivity contribution in [3.8, 4) is 17.2 Å². The van der Waals surface area contributed by atoms with Crippen molar-refractivity contribution < 1.29 is 38.2 Å². The van der Waals surface area contributed by atoms with Crippen LogP contribution < -0.4 is 35.5 Å². The predicted molar refractivity (Wildman–Crippen MR) is 190 cm³/mol. The molecule has 1 aliphatic rings. The first kappa shape index (κ1) is 38.2. The Morgan fingerprint density at radius 3 is 2.25 bits per heavy atom. The van der Waals surface area contributed by atoms with Gasteiger partial charge < -0.3 is 40.4 Å². The van der Waals surface area contributed by atoms with E-state index in [0.29, 0.717) is 11.5 Å². The van der Waals surface area contributed by atoms with E-state index in [0.717, 1.165) is 5.56 Å². The van der Waals surface area contributed by atoms with Gasteiger partial charge in [0.15, 0.2) is 0 Å². The van der Waals surface area contributed by atoms with Gasteiger partial charge in [0.05, 0.1) is 31.7 Å². The maximum Gasteiger partial charge on any atom is 0.255 e. The SMILES string of the molecule is COc1ccc(OCCNC(=O)[C@@H]2CC(=O)N(C)[C@@H](Cc3ccccc3)C(=O)N[C@H](C(C)C)C(=O)N[C@@H](C)COc3ccccc3C(=O)N2)cc1. The third kappa shape index (κ3) is 10.9. The van der Waals surface area contributed by atoms with E-state index >= 15 is 0 Å². The van der Waals surface area contributed by atoms with E-state index in [1.165, 1.54) is 11.9 Å². The summed E-state index contributed by atoms with van der Waals surface area (Å²) < 4.78 is 16.8. The maximum atomic E-state index is 13.9. The quantitative estimate of drug-likeness (QED) is 0.247. The number of nitrogens with one attached hydrogen (secondary N) is 4. The first-order valence-electron chi connectivity index (χ1n) is 16.9. The number of carbonyl (C=O) groups excluding carboxylic acids is 5. The highest BCUT2D eigenvalue weighted by molar-refractivity contribution is 6.01. The molecule has 5 amide bonds. The first-order chi connectivity index (χ1) is 24.5. The van der Waals surface area contributed by atoms with Gasteiger partial charge in [-0.1, -0.05) is 56.3 Å². The fourth-order valence-electron chi connectivity index (χ4n) is 5.47. The zero-order valence-electron chi connectivity index (χ0n) is 29.6. The molecule has 1 aliphatic heterocycles. The number of methoxy groups -OCH3 is 1. The van der Waals surface area contributed by atoms with Gasteiger partial charge >= 0.3 is 0 Å². The lowest BCUT2D eigenvalue weighted by Gasteiger charge is -2.31. The number of hydrogen-bond acceptors (Lipinski definition) is 8. The lowest BCUT2D eigenvalue weighted by molar-refractivity contribution is -0.141. The summed E-state index contributed by atoms with van der Waals surface area (Å²) in [5.41, 5.74) is 0.927. The molecule has 0 spiro atoms. The fraction of sp³-hybridized carbons (Fsp3) is 0.395. The largest absolute Gasteiger partial charge is 0.497 e. The highest BCUT2D eigenvalue weighted by Gasteiger charge is 2.35. The van der Waals surface area contributed by atoms with Crippen molar-refractivity contribution in [1.29, 1.82) is 0 Å². The molecular formula is C38H47N5O8. The molecule has 272 valence electrons. The summed E-state index contributed by atoms with van der Waals surface area (Å²) in [6, 6.07) is 18.9. The van der Waals surface area contributed by atoms with Crippen molar-refractivity contribution in [3.05, 3.63) is 90.0 Å². The Balaban J connectivity index is 1.62. The van der Waals surface area contributed by atoms with Crippen molar-refractivity contribution in [2.45, 2.75) is 57.8 Å². The molecular weight excluding hydrogens is 654 g/mol. The summed E-state index contributed by atoms with van der Waals surface area (Å²) in [6.45, 7) is 5.59. The van der Waals surface area contributed by atoms with Gasteiger partial charge in [0, 0.05) is 13.5 Å². The van der Waals surface area contributed by atoms with Crippen molar-refractivity contribution in [1.82, 2.24) is 26.2 Å². The monoisotopic (exact) mass is 701 g/mol. The Bertz CT molecular complexity index is 1650. The minimum Gasteiger partial charge on any atom is -0.497 e. The zero-order chi connectivity index (χ0) is 36.9. The van der Waals surface area contributed by atoms with Crippen LogP contribution in [0.2, 0.25) is 0 Å². The van der Waals surface area contributed by atoms with E-state index in [1.54, 1.807) is 62.6 Å². The second-order valence-electron chi connectivity index (χ2n) is 12.7. The van der Waals surface area contributed by atoms with Crippen LogP contribution in [0.1, 0.15) is 43.1 Å². The minimum absolute atomic E-state index is 0.0186. The molecule has 0 bridgehead atoms. The summed E-state index contributed by atoms with van der Waals surface area (Å²) in [6.07, 6.45) is -0.314. The van der Waals surface area contributed by atoms with E-state index < -0.39 is 60.1 Å². The first-order valence-corrected chi connectivity index (χ1v) is 16.9. The van der Waals surface area contributed by atoms with Crippen molar-refractivity contribution in [3.63, 3.8) is 0 Å². The number of fused-ring (bicyclic) bond motifs is 1. The van der Waals surface area contributed by atoms with Gasteiger partial charge in [-0.2, -0.15) is 0 Å². The number of rotatable bonds is 9.